The maximum absolute atomic E-state index is 13.5. The number of hydrogen-bond donors (Lipinski definition) is 1. The molecule has 3 atom stereocenters. The monoisotopic (exact) mass is 371 g/mol. The van der Waals surface area contributed by atoms with Crippen LogP contribution in [0.5, 0.6) is 0 Å². The zero-order chi connectivity index (χ0) is 18.6. The van der Waals surface area contributed by atoms with Gasteiger partial charge in [0.25, 0.3) is 5.91 Å². The zero-order valence-corrected chi connectivity index (χ0v) is 14.6. The summed E-state index contributed by atoms with van der Waals surface area (Å²) in [5.41, 5.74) is -0.337. The van der Waals surface area contributed by atoms with Crippen LogP contribution in [0.1, 0.15) is 49.1 Å². The number of alkyl halides is 3. The summed E-state index contributed by atoms with van der Waals surface area (Å²) in [4.78, 5) is 12.5. The topological polar surface area (TPSA) is 47.6 Å². The lowest BCUT2D eigenvalue weighted by Gasteiger charge is -2.31. The molecule has 1 amide bonds. The molecule has 4 nitrogen and oxygen atoms in total. The van der Waals surface area contributed by atoms with E-state index in [1.54, 1.807) is 6.07 Å². The molecule has 144 valence electrons. The average Bonchev–Trinajstić information content (AvgIpc) is 2.87. The molecule has 1 saturated carbocycles. The van der Waals surface area contributed by atoms with E-state index in [0.29, 0.717) is 26.1 Å². The van der Waals surface area contributed by atoms with Gasteiger partial charge >= 0.3 is 6.18 Å². The molecule has 3 rings (SSSR count). The Hall–Kier alpha value is -1.60. The molecule has 1 aliphatic heterocycles. The highest BCUT2D eigenvalue weighted by atomic mass is 19.4. The summed E-state index contributed by atoms with van der Waals surface area (Å²) < 4.78 is 51.1. The third-order valence-corrected chi connectivity index (χ3v) is 5.12. The van der Waals surface area contributed by atoms with Gasteiger partial charge in [-0.15, -0.1) is 0 Å². The van der Waals surface area contributed by atoms with E-state index >= 15 is 0 Å². The van der Waals surface area contributed by atoms with Gasteiger partial charge in [0.15, 0.2) is 6.10 Å². The lowest BCUT2D eigenvalue weighted by molar-refractivity contribution is -0.148. The molecule has 1 heterocycles. The van der Waals surface area contributed by atoms with Gasteiger partial charge in [0.2, 0.25) is 0 Å². The molecule has 0 spiro atoms. The van der Waals surface area contributed by atoms with Crippen molar-refractivity contribution in [1.82, 2.24) is 5.32 Å². The second-order valence-electron chi connectivity index (χ2n) is 6.88. The summed E-state index contributed by atoms with van der Waals surface area (Å²) in [6.07, 6.45) is -1.11. The normalized spacial score (nSPS) is 27.6. The Labute approximate surface area is 151 Å². The van der Waals surface area contributed by atoms with Crippen LogP contribution in [0.15, 0.2) is 24.3 Å². The second-order valence-corrected chi connectivity index (χ2v) is 6.88. The van der Waals surface area contributed by atoms with E-state index < -0.39 is 17.8 Å². The van der Waals surface area contributed by atoms with Gasteiger partial charge in [0.05, 0.1) is 25.4 Å². The molecule has 1 N–H and O–H groups in total. The summed E-state index contributed by atoms with van der Waals surface area (Å²) in [5.74, 6) is -0.658. The van der Waals surface area contributed by atoms with E-state index in [2.05, 4.69) is 5.32 Å². The van der Waals surface area contributed by atoms with Crippen molar-refractivity contribution in [3.63, 3.8) is 0 Å². The number of carbonyl (C=O) groups is 1. The van der Waals surface area contributed by atoms with Crippen molar-refractivity contribution in [2.75, 3.05) is 19.8 Å². The Kier molecular flexibility index (Phi) is 6.19. The summed E-state index contributed by atoms with van der Waals surface area (Å²) in [6.45, 7) is 0.986. The first kappa shape index (κ1) is 19.2. The second kappa shape index (κ2) is 8.39. The summed E-state index contributed by atoms with van der Waals surface area (Å²) in [6, 6.07) is 5.37. The first-order chi connectivity index (χ1) is 12.5. The standard InChI is InChI=1S/C19H24F3NO3/c20-19(21,22)15-8-5-4-6-13(15)14-7-2-1-3-9-16(14)23-18(24)17-12-25-10-11-26-17/h4-6,8,14,16-17H,1-3,7,9-12H2,(H,23,24)/t14-,16-,17+/m1/s1. The molecule has 26 heavy (non-hydrogen) atoms. The fourth-order valence-electron chi connectivity index (χ4n) is 3.85. The van der Waals surface area contributed by atoms with Crippen molar-refractivity contribution in [1.29, 1.82) is 0 Å². The van der Waals surface area contributed by atoms with Crippen molar-refractivity contribution in [2.24, 2.45) is 0 Å². The first-order valence-electron chi connectivity index (χ1n) is 9.12. The smallest absolute Gasteiger partial charge is 0.376 e. The predicted molar refractivity (Wildman–Crippen MR) is 89.8 cm³/mol. The van der Waals surface area contributed by atoms with Crippen molar-refractivity contribution in [3.05, 3.63) is 35.4 Å². The number of rotatable bonds is 3. The molecule has 1 aliphatic carbocycles. The maximum atomic E-state index is 13.5. The van der Waals surface area contributed by atoms with Crippen molar-refractivity contribution < 1.29 is 27.4 Å². The van der Waals surface area contributed by atoms with Gasteiger partial charge in [-0.05, 0) is 24.5 Å². The zero-order valence-electron chi connectivity index (χ0n) is 14.6. The van der Waals surface area contributed by atoms with E-state index in [0.717, 1.165) is 25.3 Å². The number of carbonyl (C=O) groups excluding carboxylic acids is 1. The first-order valence-corrected chi connectivity index (χ1v) is 9.12. The highest BCUT2D eigenvalue weighted by Gasteiger charge is 2.38. The molecule has 7 heteroatoms. The molecular formula is C19H24F3NO3. The van der Waals surface area contributed by atoms with E-state index in [1.807, 2.05) is 0 Å². The third kappa shape index (κ3) is 4.57. The molecule has 1 aromatic carbocycles. The minimum absolute atomic E-state index is 0.183. The molecule has 1 aromatic rings. The number of benzene rings is 1. The van der Waals surface area contributed by atoms with Crippen LogP contribution in [0.2, 0.25) is 0 Å². The van der Waals surface area contributed by atoms with Crippen molar-refractivity contribution in [3.8, 4) is 0 Å². The van der Waals surface area contributed by atoms with Crippen LogP contribution in [-0.2, 0) is 20.4 Å². The van der Waals surface area contributed by atoms with Crippen LogP contribution >= 0.6 is 0 Å². The van der Waals surface area contributed by atoms with Gasteiger partial charge in [-0.2, -0.15) is 13.2 Å². The number of amides is 1. The van der Waals surface area contributed by atoms with Crippen LogP contribution in [0, 0.1) is 0 Å². The predicted octanol–water partition coefficient (Wildman–Crippen LogP) is 3.65. The number of nitrogens with one attached hydrogen (secondary N) is 1. The summed E-state index contributed by atoms with van der Waals surface area (Å²) in [7, 11) is 0. The largest absolute Gasteiger partial charge is 0.416 e. The molecule has 0 unspecified atom stereocenters. The maximum Gasteiger partial charge on any atom is 0.416 e. The van der Waals surface area contributed by atoms with Crippen molar-refractivity contribution in [2.45, 2.75) is 56.3 Å². The van der Waals surface area contributed by atoms with E-state index in [1.165, 1.54) is 12.1 Å². The van der Waals surface area contributed by atoms with Crippen LogP contribution < -0.4 is 5.32 Å². The van der Waals surface area contributed by atoms with Crippen LogP contribution in [0.3, 0.4) is 0 Å². The number of halogens is 3. The van der Waals surface area contributed by atoms with Crippen molar-refractivity contribution >= 4 is 5.91 Å². The van der Waals surface area contributed by atoms with Gasteiger partial charge in [0, 0.05) is 12.0 Å². The molecule has 2 fully saturated rings. The Morgan fingerprint density at radius 3 is 2.58 bits per heavy atom. The molecule has 0 bridgehead atoms. The molecular weight excluding hydrogens is 347 g/mol. The van der Waals surface area contributed by atoms with Gasteiger partial charge in [-0.3, -0.25) is 4.79 Å². The Morgan fingerprint density at radius 1 is 1.08 bits per heavy atom. The minimum Gasteiger partial charge on any atom is -0.376 e. The van der Waals surface area contributed by atoms with Gasteiger partial charge < -0.3 is 14.8 Å². The quantitative estimate of drug-likeness (QED) is 0.825. The summed E-state index contributed by atoms with van der Waals surface area (Å²) >= 11 is 0. The highest BCUT2D eigenvalue weighted by Crippen LogP contribution is 2.40. The Morgan fingerprint density at radius 2 is 1.85 bits per heavy atom. The summed E-state index contributed by atoms with van der Waals surface area (Å²) in [5, 5.41) is 2.94. The van der Waals surface area contributed by atoms with E-state index in [-0.39, 0.29) is 30.0 Å². The fourth-order valence-corrected chi connectivity index (χ4v) is 3.85. The van der Waals surface area contributed by atoms with Crippen LogP contribution in [0.25, 0.3) is 0 Å². The van der Waals surface area contributed by atoms with Gasteiger partial charge in [-0.25, -0.2) is 0 Å². The van der Waals surface area contributed by atoms with Crippen LogP contribution in [-0.4, -0.2) is 37.9 Å². The SMILES string of the molecule is O=C(N[C@@H]1CCCCC[C@@H]1c1ccccc1C(F)(F)F)[C@@H]1COCCO1. The molecule has 1 saturated heterocycles. The molecule has 0 radical (unpaired) electrons. The number of hydrogen-bond acceptors (Lipinski definition) is 3. The van der Waals surface area contributed by atoms with Crippen LogP contribution in [0.4, 0.5) is 13.2 Å². The highest BCUT2D eigenvalue weighted by molar-refractivity contribution is 5.81. The minimum atomic E-state index is -4.40. The number of ether oxygens (including phenoxy) is 2. The van der Waals surface area contributed by atoms with E-state index in [4.69, 9.17) is 9.47 Å². The van der Waals surface area contributed by atoms with Gasteiger partial charge in [-0.1, -0.05) is 37.5 Å². The molecule has 0 aromatic heterocycles. The Bertz CT molecular complexity index is 614. The third-order valence-electron chi connectivity index (χ3n) is 5.12. The molecule has 2 aliphatic rings. The van der Waals surface area contributed by atoms with E-state index in [9.17, 15) is 18.0 Å². The lowest BCUT2D eigenvalue weighted by Crippen LogP contribution is -2.48. The fraction of sp³-hybridized carbons (Fsp3) is 0.632. The lowest BCUT2D eigenvalue weighted by atomic mass is 9.84. The van der Waals surface area contributed by atoms with Gasteiger partial charge in [0.1, 0.15) is 0 Å². The Balaban J connectivity index is 1.82. The average molecular weight is 371 g/mol.